The third-order valence-corrected chi connectivity index (χ3v) is 5.14. The molecule has 5 nitrogen and oxygen atoms in total. The van der Waals surface area contributed by atoms with Crippen molar-refractivity contribution in [3.05, 3.63) is 29.6 Å². The number of nitrogens with zero attached hydrogens (tertiary/aromatic N) is 1. The SMILES string of the molecule is Cc1cc(F)ccc1S(=O)(=O)N1CCO[C@@H](CN)C1. The van der Waals surface area contributed by atoms with Gasteiger partial charge in [-0.2, -0.15) is 4.31 Å². The molecule has 1 atom stereocenters. The number of nitrogens with two attached hydrogens (primary N) is 1. The van der Waals surface area contributed by atoms with E-state index in [-0.39, 0.29) is 30.6 Å². The molecular weight excluding hydrogens is 271 g/mol. The molecule has 1 fully saturated rings. The molecule has 2 N–H and O–H groups in total. The zero-order chi connectivity index (χ0) is 14.0. The van der Waals surface area contributed by atoms with E-state index in [2.05, 4.69) is 0 Å². The molecule has 19 heavy (non-hydrogen) atoms. The van der Waals surface area contributed by atoms with Gasteiger partial charge < -0.3 is 10.5 Å². The molecule has 0 radical (unpaired) electrons. The molecule has 0 unspecified atom stereocenters. The number of sulfonamides is 1. The number of rotatable bonds is 3. The average molecular weight is 288 g/mol. The van der Waals surface area contributed by atoms with Crippen molar-refractivity contribution in [2.24, 2.45) is 5.73 Å². The normalized spacial score (nSPS) is 21.5. The molecule has 0 saturated carbocycles. The topological polar surface area (TPSA) is 72.6 Å². The molecule has 1 saturated heterocycles. The van der Waals surface area contributed by atoms with E-state index in [1.807, 2.05) is 0 Å². The molecule has 0 spiro atoms. The van der Waals surface area contributed by atoms with Crippen LogP contribution in [0.4, 0.5) is 4.39 Å². The highest BCUT2D eigenvalue weighted by molar-refractivity contribution is 7.89. The van der Waals surface area contributed by atoms with Crippen LogP contribution in [0.5, 0.6) is 0 Å². The highest BCUT2D eigenvalue weighted by Crippen LogP contribution is 2.22. The Kier molecular flexibility index (Phi) is 4.19. The number of benzene rings is 1. The van der Waals surface area contributed by atoms with Crippen molar-refractivity contribution in [1.82, 2.24) is 4.31 Å². The maximum atomic E-state index is 13.0. The Hall–Kier alpha value is -1.02. The fourth-order valence-corrected chi connectivity index (χ4v) is 3.76. The predicted molar refractivity (Wildman–Crippen MR) is 68.7 cm³/mol. The minimum atomic E-state index is -3.62. The zero-order valence-electron chi connectivity index (χ0n) is 10.7. The lowest BCUT2D eigenvalue weighted by molar-refractivity contribution is 0.00449. The molecule has 1 heterocycles. The van der Waals surface area contributed by atoms with Crippen LogP contribution in [0.2, 0.25) is 0 Å². The van der Waals surface area contributed by atoms with Crippen LogP contribution >= 0.6 is 0 Å². The number of hydrogen-bond donors (Lipinski definition) is 1. The van der Waals surface area contributed by atoms with Gasteiger partial charge in [0.2, 0.25) is 10.0 Å². The van der Waals surface area contributed by atoms with E-state index in [1.54, 1.807) is 6.92 Å². The maximum Gasteiger partial charge on any atom is 0.243 e. The lowest BCUT2D eigenvalue weighted by atomic mass is 10.2. The monoisotopic (exact) mass is 288 g/mol. The van der Waals surface area contributed by atoms with E-state index in [0.29, 0.717) is 12.2 Å². The van der Waals surface area contributed by atoms with Gasteiger partial charge in [-0.15, -0.1) is 0 Å². The van der Waals surface area contributed by atoms with E-state index in [4.69, 9.17) is 10.5 Å². The van der Waals surface area contributed by atoms with Crippen molar-refractivity contribution in [3.8, 4) is 0 Å². The minimum absolute atomic E-state index is 0.131. The Balaban J connectivity index is 2.31. The molecule has 1 aromatic carbocycles. The van der Waals surface area contributed by atoms with Gasteiger partial charge in [-0.1, -0.05) is 0 Å². The van der Waals surface area contributed by atoms with Gasteiger partial charge in [-0.05, 0) is 30.7 Å². The summed E-state index contributed by atoms with van der Waals surface area (Å²) >= 11 is 0. The number of ether oxygens (including phenoxy) is 1. The second-order valence-corrected chi connectivity index (χ2v) is 6.41. The summed E-state index contributed by atoms with van der Waals surface area (Å²) in [6.07, 6.45) is -0.288. The summed E-state index contributed by atoms with van der Waals surface area (Å²) in [5.41, 5.74) is 5.90. The van der Waals surface area contributed by atoms with Crippen molar-refractivity contribution < 1.29 is 17.5 Å². The molecule has 1 aliphatic rings. The first-order chi connectivity index (χ1) is 8.95. The summed E-state index contributed by atoms with van der Waals surface area (Å²) in [5.74, 6) is -0.446. The lowest BCUT2D eigenvalue weighted by Crippen LogP contribution is -2.48. The van der Waals surface area contributed by atoms with Crippen LogP contribution in [0.15, 0.2) is 23.1 Å². The van der Waals surface area contributed by atoms with Gasteiger partial charge >= 0.3 is 0 Å². The van der Waals surface area contributed by atoms with E-state index < -0.39 is 15.8 Å². The van der Waals surface area contributed by atoms with Crippen LogP contribution in [0.1, 0.15) is 5.56 Å². The molecular formula is C12H17FN2O3S. The number of halogens is 1. The predicted octanol–water partition coefficient (Wildman–Crippen LogP) is 0.482. The van der Waals surface area contributed by atoms with Crippen molar-refractivity contribution in [1.29, 1.82) is 0 Å². The fraction of sp³-hybridized carbons (Fsp3) is 0.500. The minimum Gasteiger partial charge on any atom is -0.374 e. The molecule has 0 amide bonds. The van der Waals surface area contributed by atoms with Crippen molar-refractivity contribution in [2.75, 3.05) is 26.2 Å². The molecule has 1 aliphatic heterocycles. The van der Waals surface area contributed by atoms with Crippen LogP contribution in [-0.2, 0) is 14.8 Å². The van der Waals surface area contributed by atoms with Gasteiger partial charge in [0.05, 0.1) is 17.6 Å². The summed E-state index contributed by atoms with van der Waals surface area (Å²) in [4.78, 5) is 0.131. The Morgan fingerprint density at radius 3 is 2.89 bits per heavy atom. The Morgan fingerprint density at radius 2 is 2.26 bits per heavy atom. The highest BCUT2D eigenvalue weighted by atomic mass is 32.2. The van der Waals surface area contributed by atoms with Crippen LogP contribution in [0.25, 0.3) is 0 Å². The van der Waals surface area contributed by atoms with Gasteiger partial charge in [0.1, 0.15) is 5.82 Å². The van der Waals surface area contributed by atoms with Gasteiger partial charge in [0, 0.05) is 19.6 Å². The lowest BCUT2D eigenvalue weighted by Gasteiger charge is -2.31. The van der Waals surface area contributed by atoms with Crippen LogP contribution in [0, 0.1) is 12.7 Å². The highest BCUT2D eigenvalue weighted by Gasteiger charge is 2.31. The number of aryl methyl sites for hydroxylation is 1. The third-order valence-electron chi connectivity index (χ3n) is 3.12. The third kappa shape index (κ3) is 2.94. The van der Waals surface area contributed by atoms with Crippen LogP contribution < -0.4 is 5.73 Å². The van der Waals surface area contributed by atoms with Gasteiger partial charge in [0.15, 0.2) is 0 Å². The first kappa shape index (κ1) is 14.4. The Morgan fingerprint density at radius 1 is 1.53 bits per heavy atom. The van der Waals surface area contributed by atoms with E-state index in [1.165, 1.54) is 16.4 Å². The summed E-state index contributed by atoms with van der Waals surface area (Å²) in [7, 11) is -3.62. The zero-order valence-corrected chi connectivity index (χ0v) is 11.5. The first-order valence-electron chi connectivity index (χ1n) is 6.03. The number of morpholine rings is 1. The standard InChI is InChI=1S/C12H17FN2O3S/c1-9-6-10(13)2-3-12(9)19(16,17)15-4-5-18-11(7-14)8-15/h2-3,6,11H,4-5,7-8,14H2,1H3/t11-/m0/s1. The maximum absolute atomic E-state index is 13.0. The van der Waals surface area contributed by atoms with Gasteiger partial charge in [0.25, 0.3) is 0 Å². The van der Waals surface area contributed by atoms with Gasteiger partial charge in [-0.25, -0.2) is 12.8 Å². The summed E-state index contributed by atoms with van der Waals surface area (Å²) < 4.78 is 44.7. The Bertz CT molecular complexity index is 562. The summed E-state index contributed by atoms with van der Waals surface area (Å²) in [5, 5.41) is 0. The second kappa shape index (κ2) is 5.54. The molecule has 7 heteroatoms. The largest absolute Gasteiger partial charge is 0.374 e. The van der Waals surface area contributed by atoms with Crippen molar-refractivity contribution in [2.45, 2.75) is 17.9 Å². The average Bonchev–Trinajstić information content (AvgIpc) is 2.38. The Labute approximate surface area is 112 Å². The summed E-state index contributed by atoms with van der Waals surface area (Å²) in [6.45, 7) is 2.69. The fourth-order valence-electron chi connectivity index (χ4n) is 2.09. The second-order valence-electron chi connectivity index (χ2n) is 4.50. The van der Waals surface area contributed by atoms with E-state index in [0.717, 1.165) is 6.07 Å². The van der Waals surface area contributed by atoms with Crippen LogP contribution in [0.3, 0.4) is 0 Å². The molecule has 0 aliphatic carbocycles. The van der Waals surface area contributed by atoms with Crippen molar-refractivity contribution >= 4 is 10.0 Å². The molecule has 1 aromatic rings. The molecule has 0 bridgehead atoms. The van der Waals surface area contributed by atoms with E-state index in [9.17, 15) is 12.8 Å². The smallest absolute Gasteiger partial charge is 0.243 e. The first-order valence-corrected chi connectivity index (χ1v) is 7.47. The quantitative estimate of drug-likeness (QED) is 0.878. The van der Waals surface area contributed by atoms with Crippen LogP contribution in [-0.4, -0.2) is 45.1 Å². The summed E-state index contributed by atoms with van der Waals surface area (Å²) in [6, 6.07) is 3.67. The van der Waals surface area contributed by atoms with Gasteiger partial charge in [-0.3, -0.25) is 0 Å². The molecule has 2 rings (SSSR count). The molecule has 106 valence electrons. The number of hydrogen-bond acceptors (Lipinski definition) is 4. The van der Waals surface area contributed by atoms with Crippen molar-refractivity contribution in [3.63, 3.8) is 0 Å². The van der Waals surface area contributed by atoms with E-state index >= 15 is 0 Å². The molecule has 0 aromatic heterocycles.